The van der Waals surface area contributed by atoms with Crippen molar-refractivity contribution in [3.63, 3.8) is 0 Å². The van der Waals surface area contributed by atoms with Crippen molar-refractivity contribution in [3.05, 3.63) is 59.1 Å². The molecule has 0 unspecified atom stereocenters. The van der Waals surface area contributed by atoms with Gasteiger partial charge in [-0.15, -0.1) is 0 Å². The SMILES string of the molecule is CN(C)S(=O)(=O)c1cc(C(=O)NCCC(=O)N2CCN(c3ccccc3)CC2)ccc1Cl. The lowest BCUT2D eigenvalue weighted by Crippen LogP contribution is -2.49. The van der Waals surface area contributed by atoms with Crippen LogP contribution in [0.1, 0.15) is 16.8 Å². The maximum absolute atomic E-state index is 12.5. The topological polar surface area (TPSA) is 90.0 Å². The Morgan fingerprint density at radius 1 is 1.03 bits per heavy atom. The number of anilines is 1. The van der Waals surface area contributed by atoms with Crippen LogP contribution in [0.2, 0.25) is 5.02 Å². The van der Waals surface area contributed by atoms with Crippen molar-refractivity contribution in [1.29, 1.82) is 0 Å². The number of carbonyl (C=O) groups is 2. The van der Waals surface area contributed by atoms with Gasteiger partial charge in [0.25, 0.3) is 5.91 Å². The Labute approximate surface area is 193 Å². The Hall–Kier alpha value is -2.62. The predicted molar refractivity (Wildman–Crippen MR) is 125 cm³/mol. The summed E-state index contributed by atoms with van der Waals surface area (Å²) < 4.78 is 25.8. The number of hydrogen-bond donors (Lipinski definition) is 1. The van der Waals surface area contributed by atoms with E-state index in [9.17, 15) is 18.0 Å². The highest BCUT2D eigenvalue weighted by atomic mass is 35.5. The molecule has 32 heavy (non-hydrogen) atoms. The van der Waals surface area contributed by atoms with Gasteiger partial charge in [0, 0.05) is 64.5 Å². The van der Waals surface area contributed by atoms with Crippen molar-refractivity contribution < 1.29 is 18.0 Å². The molecular formula is C22H27ClN4O4S. The third-order valence-electron chi connectivity index (χ3n) is 5.33. The number of para-hydroxylation sites is 1. The van der Waals surface area contributed by atoms with Gasteiger partial charge in [0.15, 0.2) is 0 Å². The number of sulfonamides is 1. The molecule has 172 valence electrons. The Bertz CT molecular complexity index is 1070. The Morgan fingerprint density at radius 2 is 1.69 bits per heavy atom. The summed E-state index contributed by atoms with van der Waals surface area (Å²) in [5, 5.41) is 2.72. The van der Waals surface area contributed by atoms with Crippen LogP contribution in [0.25, 0.3) is 0 Å². The molecule has 1 saturated heterocycles. The van der Waals surface area contributed by atoms with E-state index in [2.05, 4.69) is 22.3 Å². The number of nitrogens with one attached hydrogen (secondary N) is 1. The second-order valence-corrected chi connectivity index (χ2v) is 10.2. The molecule has 1 heterocycles. The van der Waals surface area contributed by atoms with Gasteiger partial charge >= 0.3 is 0 Å². The van der Waals surface area contributed by atoms with Crippen molar-refractivity contribution >= 4 is 39.1 Å². The third-order valence-corrected chi connectivity index (χ3v) is 7.63. The summed E-state index contributed by atoms with van der Waals surface area (Å²) in [5.74, 6) is -0.483. The monoisotopic (exact) mass is 478 g/mol. The van der Waals surface area contributed by atoms with E-state index in [1.54, 1.807) is 4.90 Å². The first-order valence-electron chi connectivity index (χ1n) is 10.3. The predicted octanol–water partition coefficient (Wildman–Crippen LogP) is 2.06. The maximum atomic E-state index is 12.5. The first-order chi connectivity index (χ1) is 15.2. The molecule has 0 radical (unpaired) electrons. The molecular weight excluding hydrogens is 452 g/mol. The van der Waals surface area contributed by atoms with Crippen LogP contribution in [0.15, 0.2) is 53.4 Å². The van der Waals surface area contributed by atoms with Crippen LogP contribution in [0.3, 0.4) is 0 Å². The molecule has 8 nitrogen and oxygen atoms in total. The van der Waals surface area contributed by atoms with Gasteiger partial charge in [-0.3, -0.25) is 9.59 Å². The van der Waals surface area contributed by atoms with E-state index in [0.717, 1.165) is 23.1 Å². The molecule has 0 bridgehead atoms. The summed E-state index contributed by atoms with van der Waals surface area (Å²) in [5.41, 5.74) is 1.31. The second-order valence-electron chi connectivity index (χ2n) is 7.64. The zero-order valence-electron chi connectivity index (χ0n) is 18.1. The van der Waals surface area contributed by atoms with E-state index in [-0.39, 0.29) is 34.4 Å². The van der Waals surface area contributed by atoms with Crippen LogP contribution < -0.4 is 10.2 Å². The molecule has 1 N–H and O–H groups in total. The molecule has 1 aliphatic rings. The molecule has 2 aromatic rings. The van der Waals surface area contributed by atoms with Gasteiger partial charge in [-0.2, -0.15) is 0 Å². The van der Waals surface area contributed by atoms with E-state index in [1.807, 2.05) is 18.2 Å². The van der Waals surface area contributed by atoms with Crippen molar-refractivity contribution in [3.8, 4) is 0 Å². The largest absolute Gasteiger partial charge is 0.368 e. The molecule has 2 amide bonds. The number of amides is 2. The van der Waals surface area contributed by atoms with Gasteiger partial charge in [0.1, 0.15) is 4.90 Å². The molecule has 2 aromatic carbocycles. The van der Waals surface area contributed by atoms with Crippen molar-refractivity contribution in [1.82, 2.24) is 14.5 Å². The van der Waals surface area contributed by atoms with E-state index in [0.29, 0.717) is 13.1 Å². The second kappa shape index (κ2) is 10.3. The normalized spacial score (nSPS) is 14.5. The smallest absolute Gasteiger partial charge is 0.251 e. The fourth-order valence-electron chi connectivity index (χ4n) is 3.43. The number of halogens is 1. The summed E-state index contributed by atoms with van der Waals surface area (Å²) >= 11 is 6.02. The fourth-order valence-corrected chi connectivity index (χ4v) is 4.83. The quantitative estimate of drug-likeness (QED) is 0.658. The molecule has 0 saturated carbocycles. The summed E-state index contributed by atoms with van der Waals surface area (Å²) in [6.45, 7) is 2.94. The minimum Gasteiger partial charge on any atom is -0.368 e. The van der Waals surface area contributed by atoms with Crippen LogP contribution in [0, 0.1) is 0 Å². The Kier molecular flexibility index (Phi) is 7.76. The summed E-state index contributed by atoms with van der Waals surface area (Å²) in [7, 11) is -0.995. The van der Waals surface area contributed by atoms with E-state index in [1.165, 1.54) is 32.3 Å². The molecule has 1 fully saturated rings. The van der Waals surface area contributed by atoms with Gasteiger partial charge in [0.2, 0.25) is 15.9 Å². The number of nitrogens with zero attached hydrogens (tertiary/aromatic N) is 3. The average Bonchev–Trinajstić information content (AvgIpc) is 2.79. The van der Waals surface area contributed by atoms with E-state index < -0.39 is 15.9 Å². The Morgan fingerprint density at radius 3 is 2.31 bits per heavy atom. The highest BCUT2D eigenvalue weighted by Gasteiger charge is 2.23. The van der Waals surface area contributed by atoms with Crippen molar-refractivity contribution in [2.75, 3.05) is 51.7 Å². The summed E-state index contributed by atoms with van der Waals surface area (Å²) in [4.78, 5) is 28.9. The number of benzene rings is 2. The van der Waals surface area contributed by atoms with Crippen LogP contribution in [0.5, 0.6) is 0 Å². The van der Waals surface area contributed by atoms with Crippen LogP contribution in [-0.2, 0) is 14.8 Å². The Balaban J connectivity index is 1.50. The third kappa shape index (κ3) is 5.59. The van der Waals surface area contributed by atoms with Crippen molar-refractivity contribution in [2.45, 2.75) is 11.3 Å². The minimum absolute atomic E-state index is 0.0232. The lowest BCUT2D eigenvalue weighted by Gasteiger charge is -2.36. The average molecular weight is 479 g/mol. The summed E-state index contributed by atoms with van der Waals surface area (Å²) in [6.07, 6.45) is 0.174. The molecule has 0 aromatic heterocycles. The van der Waals surface area contributed by atoms with Gasteiger partial charge < -0.3 is 15.1 Å². The zero-order chi connectivity index (χ0) is 23.3. The first-order valence-corrected chi connectivity index (χ1v) is 12.1. The van der Waals surface area contributed by atoms with Gasteiger partial charge in [-0.1, -0.05) is 29.8 Å². The molecule has 0 spiro atoms. The molecule has 0 aliphatic carbocycles. The van der Waals surface area contributed by atoms with Crippen molar-refractivity contribution in [2.24, 2.45) is 0 Å². The number of carbonyl (C=O) groups excluding carboxylic acids is 2. The highest BCUT2D eigenvalue weighted by Crippen LogP contribution is 2.24. The molecule has 0 atom stereocenters. The number of piperazine rings is 1. The zero-order valence-corrected chi connectivity index (χ0v) is 19.7. The van der Waals surface area contributed by atoms with Gasteiger partial charge in [-0.25, -0.2) is 12.7 Å². The lowest BCUT2D eigenvalue weighted by molar-refractivity contribution is -0.131. The standard InChI is InChI=1S/C22H27ClN4O4S/c1-25(2)32(30,31)20-16-17(8-9-19(20)23)22(29)24-11-10-21(28)27-14-12-26(13-15-27)18-6-4-3-5-7-18/h3-9,16H,10-15H2,1-2H3,(H,24,29). The molecule has 10 heteroatoms. The maximum Gasteiger partial charge on any atom is 0.251 e. The molecule has 1 aliphatic heterocycles. The van der Waals surface area contributed by atoms with Gasteiger partial charge in [0.05, 0.1) is 5.02 Å². The lowest BCUT2D eigenvalue weighted by atomic mass is 10.2. The van der Waals surface area contributed by atoms with Gasteiger partial charge in [-0.05, 0) is 30.3 Å². The number of hydrogen-bond acceptors (Lipinski definition) is 5. The van der Waals surface area contributed by atoms with Crippen LogP contribution in [0.4, 0.5) is 5.69 Å². The highest BCUT2D eigenvalue weighted by molar-refractivity contribution is 7.89. The minimum atomic E-state index is -3.78. The fraction of sp³-hybridized carbons (Fsp3) is 0.364. The van der Waals surface area contributed by atoms with Crippen LogP contribution in [-0.4, -0.2) is 76.3 Å². The van der Waals surface area contributed by atoms with Crippen LogP contribution >= 0.6 is 11.6 Å². The first kappa shape index (κ1) is 24.0. The summed E-state index contributed by atoms with van der Waals surface area (Å²) in [6, 6.07) is 14.2. The van der Waals surface area contributed by atoms with E-state index >= 15 is 0 Å². The molecule has 3 rings (SSSR count). The van der Waals surface area contributed by atoms with E-state index in [4.69, 9.17) is 11.6 Å². The number of rotatable bonds is 7.